The molecule has 0 radical (unpaired) electrons. The number of nitrogens with zero attached hydrogens (tertiary/aromatic N) is 2. The molecule has 0 atom stereocenters. The summed E-state index contributed by atoms with van der Waals surface area (Å²) in [6, 6.07) is 23.4. The van der Waals surface area contributed by atoms with E-state index in [0.717, 1.165) is 34.4 Å². The molecule has 0 fully saturated rings. The minimum absolute atomic E-state index is 0. The normalized spacial score (nSPS) is 14.0. The third-order valence-corrected chi connectivity index (χ3v) is 7.13. The lowest BCUT2D eigenvalue weighted by Crippen LogP contribution is -3.00. The molecule has 8 rings (SSSR count). The Morgan fingerprint density at radius 3 is 2.69 bits per heavy atom. The van der Waals surface area contributed by atoms with E-state index >= 15 is 0 Å². The molecule has 0 unspecified atom stereocenters. The molecule has 0 amide bonds. The Bertz CT molecular complexity index is 1940. The van der Waals surface area contributed by atoms with Gasteiger partial charge in [0, 0.05) is 52.8 Å². The Balaban J connectivity index is 0.00000210. The highest BCUT2D eigenvalue weighted by atomic mass is 127. The molecule has 5 heterocycles. The standard InChI is InChI=1S/C30H18N3O.HI/c1-2-12-32-24(7-1)23-17-31-13-11-18(23)15-20-16-19-9-10-26-29-27(19)30-22(6-4-14-33(20)30)21-5-3-8-25(34-26)28(21)29;/h1-15,17H,16H2;1H/q+1;/b20-15-;. The zero-order valence-corrected chi connectivity index (χ0v) is 20.8. The number of benzene rings is 3. The van der Waals surface area contributed by atoms with E-state index in [4.69, 9.17) is 4.42 Å². The van der Waals surface area contributed by atoms with E-state index in [-0.39, 0.29) is 24.0 Å². The van der Waals surface area contributed by atoms with Gasteiger partial charge >= 0.3 is 0 Å². The molecule has 1 aliphatic rings. The van der Waals surface area contributed by atoms with Crippen molar-refractivity contribution in [2.24, 2.45) is 0 Å². The highest BCUT2D eigenvalue weighted by molar-refractivity contribution is 6.32. The fraction of sp³-hybridized carbons (Fsp3) is 0.0333. The van der Waals surface area contributed by atoms with E-state index in [1.165, 1.54) is 43.7 Å². The van der Waals surface area contributed by atoms with Crippen molar-refractivity contribution in [3.63, 3.8) is 0 Å². The van der Waals surface area contributed by atoms with Gasteiger partial charge < -0.3 is 28.4 Å². The fourth-order valence-corrected chi connectivity index (χ4v) is 5.71. The molecule has 5 heteroatoms. The maximum absolute atomic E-state index is 6.26. The minimum atomic E-state index is 0. The van der Waals surface area contributed by atoms with Crippen LogP contribution in [0.1, 0.15) is 11.1 Å². The van der Waals surface area contributed by atoms with Crippen LogP contribution in [-0.2, 0) is 6.42 Å². The summed E-state index contributed by atoms with van der Waals surface area (Å²) in [5, 5.41) is 6.30. The van der Waals surface area contributed by atoms with Crippen LogP contribution in [0.15, 0.2) is 95.9 Å². The summed E-state index contributed by atoms with van der Waals surface area (Å²) in [5.74, 6) is 0. The van der Waals surface area contributed by atoms with Crippen molar-refractivity contribution in [1.29, 1.82) is 0 Å². The number of aromatic nitrogens is 3. The van der Waals surface area contributed by atoms with Gasteiger partial charge in [-0.2, -0.15) is 4.57 Å². The molecule has 3 aromatic carbocycles. The molecule has 0 saturated carbocycles. The third kappa shape index (κ3) is 2.82. The summed E-state index contributed by atoms with van der Waals surface area (Å²) in [7, 11) is 0. The number of furan rings is 1. The van der Waals surface area contributed by atoms with Gasteiger partial charge in [-0.25, -0.2) is 4.98 Å². The Hall–Kier alpha value is -3.84. The number of hydrogen-bond acceptors (Lipinski definition) is 2. The number of pyridine rings is 3. The van der Waals surface area contributed by atoms with E-state index in [9.17, 15) is 0 Å². The number of nitrogens with one attached hydrogen (secondary N) is 1. The maximum Gasteiger partial charge on any atom is 0.227 e. The summed E-state index contributed by atoms with van der Waals surface area (Å²) in [6.07, 6.45) is 11.1. The Morgan fingerprint density at radius 2 is 1.77 bits per heavy atom. The second-order valence-electron chi connectivity index (χ2n) is 8.95. The van der Waals surface area contributed by atoms with Gasteiger partial charge in [0.2, 0.25) is 11.2 Å². The first kappa shape index (κ1) is 20.5. The largest absolute Gasteiger partial charge is 1.00 e. The van der Waals surface area contributed by atoms with Crippen LogP contribution in [0.5, 0.6) is 0 Å². The Morgan fingerprint density at radius 1 is 0.857 bits per heavy atom. The van der Waals surface area contributed by atoms with Crippen molar-refractivity contribution in [3.8, 4) is 11.3 Å². The van der Waals surface area contributed by atoms with Gasteiger partial charge in [-0.15, -0.1) is 0 Å². The van der Waals surface area contributed by atoms with Crippen LogP contribution in [0, 0.1) is 0 Å². The van der Waals surface area contributed by atoms with Crippen molar-refractivity contribution in [1.82, 2.24) is 4.98 Å². The summed E-state index contributed by atoms with van der Waals surface area (Å²) in [4.78, 5) is 7.76. The lowest BCUT2D eigenvalue weighted by molar-refractivity contribution is -0.553. The van der Waals surface area contributed by atoms with Crippen molar-refractivity contribution < 1.29 is 37.9 Å². The van der Waals surface area contributed by atoms with Crippen LogP contribution in [-0.4, -0.2) is 4.98 Å². The molecule has 4 nitrogen and oxygen atoms in total. The van der Waals surface area contributed by atoms with Crippen LogP contribution < -0.4 is 33.5 Å². The van der Waals surface area contributed by atoms with E-state index in [1.54, 1.807) is 0 Å². The summed E-state index contributed by atoms with van der Waals surface area (Å²) < 4.78 is 8.62. The number of aromatic amines is 1. The Labute approximate surface area is 217 Å². The van der Waals surface area contributed by atoms with E-state index in [1.807, 2.05) is 30.7 Å². The fourth-order valence-electron chi connectivity index (χ4n) is 5.71. The number of halogens is 1. The van der Waals surface area contributed by atoms with Crippen LogP contribution in [0.25, 0.3) is 66.6 Å². The van der Waals surface area contributed by atoms with Crippen LogP contribution in [0.3, 0.4) is 0 Å². The van der Waals surface area contributed by atoms with E-state index in [2.05, 4.69) is 81.4 Å². The van der Waals surface area contributed by atoms with Crippen molar-refractivity contribution in [2.75, 3.05) is 0 Å². The third-order valence-electron chi connectivity index (χ3n) is 7.13. The number of hydrogen-bond donors (Lipinski definition) is 0. The number of allylic oxidation sites excluding steroid dienone is 1. The van der Waals surface area contributed by atoms with Gasteiger partial charge in [-0.05, 0) is 41.5 Å². The molecule has 166 valence electrons. The second-order valence-corrected chi connectivity index (χ2v) is 8.95. The molecule has 0 aliphatic carbocycles. The molecule has 7 aromatic rings. The highest BCUT2D eigenvalue weighted by Gasteiger charge is 2.30. The molecular formula is C30H19IN3O+. The Kier molecular flexibility index (Phi) is 4.45. The van der Waals surface area contributed by atoms with Gasteiger partial charge in [-0.1, -0.05) is 18.2 Å². The number of fused-ring (bicyclic) bond motifs is 1. The zero-order chi connectivity index (χ0) is 22.2. The smallest absolute Gasteiger partial charge is 0.227 e. The predicted molar refractivity (Wildman–Crippen MR) is 134 cm³/mol. The second kappa shape index (κ2) is 7.58. The summed E-state index contributed by atoms with van der Waals surface area (Å²) >= 11 is 0. The van der Waals surface area contributed by atoms with Crippen molar-refractivity contribution >= 4 is 55.4 Å². The lowest BCUT2D eigenvalue weighted by Gasteiger charge is -2.16. The monoisotopic (exact) mass is 564 g/mol. The molecule has 0 bridgehead atoms. The molecule has 1 N–H and O–H groups in total. The molecule has 0 saturated heterocycles. The first-order valence-corrected chi connectivity index (χ1v) is 11.5. The SMILES string of the molecule is C(=C1\Cc2ccc3oc4cccc5c6ccc[n+]1c6c2c3c45)/c1ccncc1-c1cccc[nH+]1.[I-]. The topological polar surface area (TPSA) is 44.0 Å². The first-order chi connectivity index (χ1) is 16.9. The summed E-state index contributed by atoms with van der Waals surface area (Å²) in [6.45, 7) is 0. The van der Waals surface area contributed by atoms with Gasteiger partial charge in [0.1, 0.15) is 11.2 Å². The van der Waals surface area contributed by atoms with E-state index in [0.29, 0.717) is 0 Å². The van der Waals surface area contributed by atoms with Crippen LogP contribution in [0.4, 0.5) is 0 Å². The van der Waals surface area contributed by atoms with Gasteiger partial charge in [-0.3, -0.25) is 4.98 Å². The molecular weight excluding hydrogens is 545 g/mol. The summed E-state index contributed by atoms with van der Waals surface area (Å²) in [5.41, 5.74) is 9.04. The first-order valence-electron chi connectivity index (χ1n) is 11.5. The molecule has 0 spiro atoms. The van der Waals surface area contributed by atoms with Crippen molar-refractivity contribution in [2.45, 2.75) is 6.42 Å². The van der Waals surface area contributed by atoms with Crippen LogP contribution >= 0.6 is 0 Å². The predicted octanol–water partition coefficient (Wildman–Crippen LogP) is 3.05. The molecule has 35 heavy (non-hydrogen) atoms. The molecule has 1 aliphatic heterocycles. The van der Waals surface area contributed by atoms with Gasteiger partial charge in [0.05, 0.1) is 22.8 Å². The van der Waals surface area contributed by atoms with Crippen molar-refractivity contribution in [3.05, 3.63) is 103 Å². The quantitative estimate of drug-likeness (QED) is 0.184. The number of H-pyrrole nitrogens is 1. The minimum Gasteiger partial charge on any atom is -1.00 e. The maximum atomic E-state index is 6.26. The average Bonchev–Trinajstić information content (AvgIpc) is 3.28. The number of rotatable bonds is 2. The zero-order valence-electron chi connectivity index (χ0n) is 18.6. The van der Waals surface area contributed by atoms with Gasteiger partial charge in [0.15, 0.2) is 18.1 Å². The highest BCUT2D eigenvalue weighted by Crippen LogP contribution is 2.44. The average molecular weight is 564 g/mol. The van der Waals surface area contributed by atoms with Gasteiger partial charge in [0.25, 0.3) is 0 Å². The van der Waals surface area contributed by atoms with Crippen LogP contribution in [0.2, 0.25) is 0 Å². The lowest BCUT2D eigenvalue weighted by atomic mass is 9.89. The van der Waals surface area contributed by atoms with E-state index < -0.39 is 0 Å². The molecule has 4 aromatic heterocycles.